The minimum absolute atomic E-state index is 0.0515. The van der Waals surface area contributed by atoms with Gasteiger partial charge in [0, 0.05) is 37.6 Å². The summed E-state index contributed by atoms with van der Waals surface area (Å²) < 4.78 is 83.2. The van der Waals surface area contributed by atoms with Gasteiger partial charge in [-0.25, -0.2) is 4.98 Å². The predicted molar refractivity (Wildman–Crippen MR) is 138 cm³/mol. The first kappa shape index (κ1) is 28.8. The molecule has 0 N–H and O–H groups in total. The van der Waals surface area contributed by atoms with E-state index < -0.39 is 23.5 Å². The highest BCUT2D eigenvalue weighted by atomic mass is 19.4. The van der Waals surface area contributed by atoms with Gasteiger partial charge in [-0.1, -0.05) is 5.10 Å². The second-order valence-corrected chi connectivity index (χ2v) is 10.5. The van der Waals surface area contributed by atoms with Crippen molar-refractivity contribution in [2.75, 3.05) is 11.9 Å². The Balaban J connectivity index is 1.61. The Morgan fingerprint density at radius 2 is 1.59 bits per heavy atom. The van der Waals surface area contributed by atoms with Gasteiger partial charge in [-0.05, 0) is 74.3 Å². The summed E-state index contributed by atoms with van der Waals surface area (Å²) in [7, 11) is 5.32. The van der Waals surface area contributed by atoms with Crippen LogP contribution in [0.5, 0.6) is 0 Å². The molecule has 9 nitrogen and oxygen atoms in total. The maximum absolute atomic E-state index is 13.6. The number of halogens is 6. The van der Waals surface area contributed by atoms with E-state index in [2.05, 4.69) is 25.4 Å². The molecular weight excluding hydrogens is 552 g/mol. The first-order valence-electron chi connectivity index (χ1n) is 12.9. The van der Waals surface area contributed by atoms with Crippen LogP contribution in [-0.2, 0) is 39.5 Å². The van der Waals surface area contributed by atoms with Gasteiger partial charge in [-0.2, -0.15) is 36.2 Å². The summed E-state index contributed by atoms with van der Waals surface area (Å²) in [6.07, 6.45) is -7.80. The highest BCUT2D eigenvalue weighted by Crippen LogP contribution is 2.38. The third-order valence-corrected chi connectivity index (χ3v) is 7.40. The van der Waals surface area contributed by atoms with E-state index in [1.165, 1.54) is 16.7 Å². The minimum atomic E-state index is -4.96. The standard InChI is InChI=1S/C26H29F6N9/c1-14-21-10-17(22(33-23(21)39(4)35-14)15(2)38(3)20-6-7-20)13-41(24-34-37-40(5)36-24)12-16-8-18(25(27,28)29)11-19(9-16)26(30,31)32/h8-11,15,20H,6-7,12-13H2,1-5H3. The van der Waals surface area contributed by atoms with Crippen LogP contribution < -0.4 is 4.90 Å². The molecule has 3 aromatic heterocycles. The minimum Gasteiger partial charge on any atom is -0.329 e. The van der Waals surface area contributed by atoms with E-state index in [0.717, 1.165) is 47.3 Å². The lowest BCUT2D eigenvalue weighted by atomic mass is 10.0. The highest BCUT2D eigenvalue weighted by molar-refractivity contribution is 5.79. The second-order valence-electron chi connectivity index (χ2n) is 10.5. The fourth-order valence-corrected chi connectivity index (χ4v) is 5.01. The molecular formula is C26H29F6N9. The van der Waals surface area contributed by atoms with E-state index in [-0.39, 0.29) is 36.7 Å². The van der Waals surface area contributed by atoms with Crippen LogP contribution in [0, 0.1) is 6.92 Å². The molecule has 1 saturated carbocycles. The lowest BCUT2D eigenvalue weighted by molar-refractivity contribution is -0.143. The van der Waals surface area contributed by atoms with Crippen molar-refractivity contribution in [3.8, 4) is 0 Å². The van der Waals surface area contributed by atoms with Crippen LogP contribution in [0.3, 0.4) is 0 Å². The normalized spacial score (nSPS) is 15.2. The number of rotatable bonds is 8. The summed E-state index contributed by atoms with van der Waals surface area (Å²) in [6.45, 7) is 3.58. The maximum atomic E-state index is 13.6. The lowest BCUT2D eigenvalue weighted by Crippen LogP contribution is -2.29. The van der Waals surface area contributed by atoms with Crippen molar-refractivity contribution >= 4 is 17.0 Å². The van der Waals surface area contributed by atoms with Gasteiger partial charge in [0.2, 0.25) is 0 Å². The zero-order valence-electron chi connectivity index (χ0n) is 23.1. The molecule has 1 atom stereocenters. The number of hydrogen-bond acceptors (Lipinski definition) is 7. The lowest BCUT2D eigenvalue weighted by Gasteiger charge is -2.28. The Morgan fingerprint density at radius 3 is 2.12 bits per heavy atom. The van der Waals surface area contributed by atoms with Crippen LogP contribution in [0.15, 0.2) is 24.3 Å². The molecule has 15 heteroatoms. The average molecular weight is 582 g/mol. The highest BCUT2D eigenvalue weighted by Gasteiger charge is 2.37. The molecule has 220 valence electrons. The largest absolute Gasteiger partial charge is 0.416 e. The summed E-state index contributed by atoms with van der Waals surface area (Å²) >= 11 is 0. The second kappa shape index (κ2) is 10.3. The Kier molecular flexibility index (Phi) is 7.20. The van der Waals surface area contributed by atoms with Crippen LogP contribution in [0.4, 0.5) is 32.3 Å². The van der Waals surface area contributed by atoms with E-state index >= 15 is 0 Å². The molecule has 1 fully saturated rings. The smallest absolute Gasteiger partial charge is 0.329 e. The molecule has 1 aliphatic rings. The number of aryl methyl sites for hydroxylation is 3. The summed E-state index contributed by atoms with van der Waals surface area (Å²) in [4.78, 5) is 9.85. The van der Waals surface area contributed by atoms with E-state index in [0.29, 0.717) is 11.7 Å². The number of pyridine rings is 1. The van der Waals surface area contributed by atoms with Crippen LogP contribution in [-0.4, -0.2) is 53.0 Å². The molecule has 0 saturated heterocycles. The predicted octanol–water partition coefficient (Wildman–Crippen LogP) is 5.20. The van der Waals surface area contributed by atoms with Gasteiger partial charge in [-0.3, -0.25) is 9.58 Å². The van der Waals surface area contributed by atoms with Crippen LogP contribution in [0.25, 0.3) is 11.0 Å². The van der Waals surface area contributed by atoms with Crippen molar-refractivity contribution in [3.63, 3.8) is 0 Å². The summed E-state index contributed by atoms with van der Waals surface area (Å²) in [6, 6.07) is 3.76. The molecule has 1 unspecified atom stereocenters. The van der Waals surface area contributed by atoms with Gasteiger partial charge < -0.3 is 4.90 Å². The van der Waals surface area contributed by atoms with Gasteiger partial charge >= 0.3 is 12.4 Å². The molecule has 3 heterocycles. The van der Waals surface area contributed by atoms with Gasteiger partial charge in [0.25, 0.3) is 5.95 Å². The number of hydrogen-bond donors (Lipinski definition) is 0. The third-order valence-electron chi connectivity index (χ3n) is 7.40. The molecule has 1 aromatic carbocycles. The van der Waals surface area contributed by atoms with Crippen molar-refractivity contribution in [1.29, 1.82) is 0 Å². The monoisotopic (exact) mass is 581 g/mol. The number of benzene rings is 1. The molecule has 41 heavy (non-hydrogen) atoms. The Labute approximate surface area is 231 Å². The van der Waals surface area contributed by atoms with E-state index in [9.17, 15) is 26.3 Å². The van der Waals surface area contributed by atoms with Gasteiger partial charge in [0.15, 0.2) is 5.65 Å². The molecule has 0 aliphatic heterocycles. The zero-order valence-corrected chi connectivity index (χ0v) is 23.1. The van der Waals surface area contributed by atoms with Crippen LogP contribution in [0.1, 0.15) is 59.4 Å². The van der Waals surface area contributed by atoms with Crippen LogP contribution >= 0.6 is 0 Å². The van der Waals surface area contributed by atoms with E-state index in [1.54, 1.807) is 11.7 Å². The average Bonchev–Trinajstić information content (AvgIpc) is 3.59. The molecule has 4 aromatic rings. The van der Waals surface area contributed by atoms with Gasteiger partial charge in [0.05, 0.1) is 29.6 Å². The third kappa shape index (κ3) is 5.99. The SMILES string of the molecule is Cc1nn(C)c2nc(C(C)N(C)C3CC3)c(CN(Cc3cc(C(F)(F)F)cc(C(F)(F)F)c3)c3nnn(C)n3)cc12. The molecule has 0 radical (unpaired) electrons. The Bertz CT molecular complexity index is 1540. The molecule has 1 aliphatic carbocycles. The summed E-state index contributed by atoms with van der Waals surface area (Å²) in [5, 5.41) is 17.3. The van der Waals surface area contributed by atoms with Crippen molar-refractivity contribution in [2.24, 2.45) is 14.1 Å². The topological polar surface area (TPSA) is 80.8 Å². The summed E-state index contributed by atoms with van der Waals surface area (Å²) in [5.41, 5.74) is -0.103. The number of fused-ring (bicyclic) bond motifs is 1. The number of anilines is 1. The number of alkyl halides is 6. The van der Waals surface area contributed by atoms with Gasteiger partial charge in [-0.15, -0.1) is 5.10 Å². The van der Waals surface area contributed by atoms with Crippen LogP contribution in [0.2, 0.25) is 0 Å². The molecule has 0 amide bonds. The molecule has 0 spiro atoms. The molecule has 5 rings (SSSR count). The quantitative estimate of drug-likeness (QED) is 0.265. The zero-order chi connectivity index (χ0) is 29.9. The number of aromatic nitrogens is 7. The first-order chi connectivity index (χ1) is 19.1. The fraction of sp³-hybridized carbons (Fsp3) is 0.500. The fourth-order valence-electron chi connectivity index (χ4n) is 5.01. The van der Waals surface area contributed by atoms with Crippen molar-refractivity contribution in [1.82, 2.24) is 39.9 Å². The van der Waals surface area contributed by atoms with E-state index in [1.807, 2.05) is 27.0 Å². The maximum Gasteiger partial charge on any atom is 0.416 e. The van der Waals surface area contributed by atoms with Gasteiger partial charge in [0.1, 0.15) is 0 Å². The Morgan fingerprint density at radius 1 is 0.951 bits per heavy atom. The first-order valence-corrected chi connectivity index (χ1v) is 12.9. The van der Waals surface area contributed by atoms with E-state index in [4.69, 9.17) is 4.98 Å². The molecule has 0 bridgehead atoms. The number of tetrazole rings is 1. The Hall–Kier alpha value is -3.75. The van der Waals surface area contributed by atoms with Crippen molar-refractivity contribution in [3.05, 3.63) is 57.9 Å². The number of nitrogens with zero attached hydrogens (tertiary/aromatic N) is 9. The van der Waals surface area contributed by atoms with Crippen molar-refractivity contribution < 1.29 is 26.3 Å². The summed E-state index contributed by atoms with van der Waals surface area (Å²) in [5.74, 6) is 0.0515. The van der Waals surface area contributed by atoms with Crippen molar-refractivity contribution in [2.45, 2.75) is 64.2 Å².